The van der Waals surface area contributed by atoms with Crippen molar-refractivity contribution in [2.45, 2.75) is 68.7 Å². The highest BCUT2D eigenvalue weighted by atomic mass is 32.2. The Labute approximate surface area is 259 Å². The van der Waals surface area contributed by atoms with E-state index in [1.165, 1.54) is 18.7 Å². The van der Waals surface area contributed by atoms with E-state index in [0.29, 0.717) is 21.2 Å². The van der Waals surface area contributed by atoms with Gasteiger partial charge in [0.05, 0.1) is 23.9 Å². The van der Waals surface area contributed by atoms with Gasteiger partial charge in [-0.05, 0) is 48.4 Å². The molecular formula is C31H28F6N4O4S. The van der Waals surface area contributed by atoms with Gasteiger partial charge in [-0.2, -0.15) is 9.40 Å². The average Bonchev–Trinajstić information content (AvgIpc) is 3.42. The van der Waals surface area contributed by atoms with Crippen LogP contribution in [0.2, 0.25) is 0 Å². The number of aliphatic hydroxyl groups excluding tert-OH is 1. The minimum atomic E-state index is -5.42. The third-order valence-electron chi connectivity index (χ3n) is 8.79. The number of aliphatic hydroxyl groups is 1. The lowest BCUT2D eigenvalue weighted by molar-refractivity contribution is -0.125. The second kappa shape index (κ2) is 12.3. The Balaban J connectivity index is 1.38. The van der Waals surface area contributed by atoms with Crippen molar-refractivity contribution < 1.29 is 44.7 Å². The zero-order valence-corrected chi connectivity index (χ0v) is 25.0. The van der Waals surface area contributed by atoms with Crippen LogP contribution in [0.4, 0.5) is 32.0 Å². The molecule has 1 saturated carbocycles. The fourth-order valence-corrected chi connectivity index (χ4v) is 7.95. The van der Waals surface area contributed by atoms with Crippen molar-refractivity contribution in [2.24, 2.45) is 0 Å². The molecule has 4 aromatic rings. The van der Waals surface area contributed by atoms with Gasteiger partial charge in [0.25, 0.3) is 0 Å². The first-order valence-electron chi connectivity index (χ1n) is 14.6. The summed E-state index contributed by atoms with van der Waals surface area (Å²) in [5, 5.41) is 14.0. The van der Waals surface area contributed by atoms with Gasteiger partial charge in [0.15, 0.2) is 28.2 Å². The average molecular weight is 667 g/mol. The molecule has 46 heavy (non-hydrogen) atoms. The number of fused-ring (bicyclic) bond motifs is 1. The molecule has 15 heteroatoms. The van der Waals surface area contributed by atoms with Gasteiger partial charge in [-0.1, -0.05) is 43.5 Å². The number of rotatable bonds is 8. The van der Waals surface area contributed by atoms with E-state index in [9.17, 15) is 40.3 Å². The van der Waals surface area contributed by atoms with Gasteiger partial charge in [-0.15, -0.1) is 0 Å². The lowest BCUT2D eigenvalue weighted by Crippen LogP contribution is -2.59. The van der Waals surface area contributed by atoms with Gasteiger partial charge in [0, 0.05) is 11.9 Å². The van der Waals surface area contributed by atoms with Gasteiger partial charge in [0.1, 0.15) is 18.6 Å². The first-order chi connectivity index (χ1) is 21.9. The van der Waals surface area contributed by atoms with Crippen LogP contribution in [0.3, 0.4) is 0 Å². The molecule has 2 fully saturated rings. The van der Waals surface area contributed by atoms with Gasteiger partial charge in [-0.3, -0.25) is 4.79 Å². The molecule has 0 unspecified atom stereocenters. The molecule has 2 heterocycles. The summed E-state index contributed by atoms with van der Waals surface area (Å²) in [6, 6.07) is 8.05. The number of hydrogen-bond donors (Lipinski definition) is 1. The maximum Gasteiger partial charge on any atom is 0.249 e. The highest BCUT2D eigenvalue weighted by Gasteiger charge is 2.48. The van der Waals surface area contributed by atoms with Crippen molar-refractivity contribution >= 4 is 32.5 Å². The van der Waals surface area contributed by atoms with Crippen molar-refractivity contribution in [3.8, 4) is 0 Å². The predicted molar refractivity (Wildman–Crippen MR) is 154 cm³/mol. The number of carbonyl (C=O) groups is 1. The lowest BCUT2D eigenvalue weighted by Gasteiger charge is -2.41. The molecule has 1 N–H and O–H groups in total. The molecular weight excluding hydrogens is 638 g/mol. The molecule has 3 aromatic carbocycles. The van der Waals surface area contributed by atoms with E-state index in [-0.39, 0.29) is 24.2 Å². The normalized spacial score (nSPS) is 17.8. The largest absolute Gasteiger partial charge is 0.374 e. The van der Waals surface area contributed by atoms with E-state index in [1.807, 2.05) is 12.1 Å². The third-order valence-corrected chi connectivity index (χ3v) is 10.7. The topological polar surface area (TPSA) is 95.7 Å². The summed E-state index contributed by atoms with van der Waals surface area (Å²) in [6.07, 6.45) is 6.63. The zero-order chi connectivity index (χ0) is 32.9. The Morgan fingerprint density at radius 3 is 2.11 bits per heavy atom. The van der Waals surface area contributed by atoms with Crippen LogP contribution in [0.25, 0.3) is 10.9 Å². The van der Waals surface area contributed by atoms with Crippen LogP contribution < -0.4 is 4.90 Å². The number of carbonyl (C=O) groups excluding carboxylic acids is 1. The number of anilines is 1. The molecule has 244 valence electrons. The van der Waals surface area contributed by atoms with E-state index >= 15 is 4.39 Å². The smallest absolute Gasteiger partial charge is 0.249 e. The lowest BCUT2D eigenvalue weighted by atomic mass is 9.84. The van der Waals surface area contributed by atoms with Crippen molar-refractivity contribution in [1.82, 2.24) is 14.1 Å². The second-order valence-electron chi connectivity index (χ2n) is 11.5. The zero-order valence-electron chi connectivity index (χ0n) is 24.2. The Bertz CT molecular complexity index is 1900. The maximum absolute atomic E-state index is 15.6. The summed E-state index contributed by atoms with van der Waals surface area (Å²) >= 11 is 0. The molecule has 1 aromatic heterocycles. The van der Waals surface area contributed by atoms with Crippen LogP contribution in [-0.2, 0) is 28.1 Å². The molecule has 1 amide bonds. The molecule has 0 radical (unpaired) electrons. The molecule has 8 nitrogen and oxygen atoms in total. The Hall–Kier alpha value is -3.95. The molecule has 1 aliphatic heterocycles. The fraction of sp³-hybridized carbons (Fsp3) is 0.355. The Morgan fingerprint density at radius 1 is 0.891 bits per heavy atom. The number of nitrogens with zero attached hydrogens (tertiary/aromatic N) is 4. The van der Waals surface area contributed by atoms with Crippen LogP contribution in [0, 0.1) is 34.9 Å². The first-order valence-corrected chi connectivity index (χ1v) is 16.1. The van der Waals surface area contributed by atoms with Crippen molar-refractivity contribution in [2.75, 3.05) is 11.4 Å². The molecule has 1 saturated heterocycles. The third kappa shape index (κ3) is 5.43. The summed E-state index contributed by atoms with van der Waals surface area (Å²) in [5.41, 5.74) is 1.62. The molecule has 0 bridgehead atoms. The van der Waals surface area contributed by atoms with Crippen LogP contribution in [0.5, 0.6) is 0 Å². The van der Waals surface area contributed by atoms with Gasteiger partial charge >= 0.3 is 0 Å². The summed E-state index contributed by atoms with van der Waals surface area (Å²) in [7, 11) is -5.42. The Morgan fingerprint density at radius 2 is 1.52 bits per heavy atom. The molecule has 1 atom stereocenters. The predicted octanol–water partition coefficient (Wildman–Crippen LogP) is 5.86. The van der Waals surface area contributed by atoms with E-state index < -0.39 is 75.0 Å². The van der Waals surface area contributed by atoms with Gasteiger partial charge in [0.2, 0.25) is 21.7 Å². The minimum absolute atomic E-state index is 0.178. The van der Waals surface area contributed by atoms with Crippen molar-refractivity contribution in [3.05, 3.63) is 88.6 Å². The number of sulfonamides is 1. The standard InChI is InChI=1S/C31H28F6N4O4S/c32-21-12-20-14-38-40(16-42)23(20)13-24(21)39(15-17-6-8-19(9-7-17)18-4-2-1-3-5-18)31(43)22-10-11-41(22)46(44,45)30-28(36)26(34)25(33)27(35)29(30)37/h6-9,12-14,18,22,42H,1-5,10-11,15-16H2/t22-/m1/s1. The van der Waals surface area contributed by atoms with Gasteiger partial charge < -0.3 is 10.0 Å². The van der Waals surface area contributed by atoms with Crippen molar-refractivity contribution in [3.63, 3.8) is 0 Å². The van der Waals surface area contributed by atoms with Crippen molar-refractivity contribution in [1.29, 1.82) is 0 Å². The second-order valence-corrected chi connectivity index (χ2v) is 13.3. The number of aromatic nitrogens is 2. The number of halogens is 6. The highest BCUT2D eigenvalue weighted by Crippen LogP contribution is 2.37. The van der Waals surface area contributed by atoms with E-state index in [2.05, 4.69) is 5.10 Å². The van der Waals surface area contributed by atoms with Crippen LogP contribution in [-0.4, -0.2) is 46.1 Å². The van der Waals surface area contributed by atoms with Crippen LogP contribution in [0.1, 0.15) is 55.6 Å². The summed E-state index contributed by atoms with van der Waals surface area (Å²) in [5.74, 6) is -14.0. The SMILES string of the molecule is O=C([C@H]1CCN1S(=O)(=O)c1c(F)c(F)c(F)c(F)c1F)N(Cc1ccc(C2CCCCC2)cc1)c1cc2c(cnn2CO)cc1F. The fourth-order valence-electron chi connectivity index (χ4n) is 6.21. The highest BCUT2D eigenvalue weighted by molar-refractivity contribution is 7.89. The summed E-state index contributed by atoms with van der Waals surface area (Å²) < 4.78 is 114. The van der Waals surface area contributed by atoms with E-state index in [1.54, 1.807) is 12.1 Å². The van der Waals surface area contributed by atoms with E-state index in [4.69, 9.17) is 0 Å². The monoisotopic (exact) mass is 666 g/mol. The van der Waals surface area contributed by atoms with Crippen LogP contribution >= 0.6 is 0 Å². The molecule has 1 aliphatic carbocycles. The first kappa shape index (κ1) is 32.0. The number of benzene rings is 3. The minimum Gasteiger partial charge on any atom is -0.374 e. The molecule has 6 rings (SSSR count). The Kier molecular flexibility index (Phi) is 8.59. The van der Waals surface area contributed by atoms with E-state index in [0.717, 1.165) is 46.9 Å². The number of amides is 1. The molecule has 2 aliphatic rings. The number of hydrogen-bond acceptors (Lipinski definition) is 5. The maximum atomic E-state index is 15.6. The van der Waals surface area contributed by atoms with Crippen LogP contribution in [0.15, 0.2) is 47.5 Å². The summed E-state index contributed by atoms with van der Waals surface area (Å²) in [4.78, 5) is 12.9. The summed E-state index contributed by atoms with van der Waals surface area (Å²) in [6.45, 7) is -1.30. The quantitative estimate of drug-likeness (QED) is 0.144. The molecule has 0 spiro atoms. The van der Waals surface area contributed by atoms with Gasteiger partial charge in [-0.25, -0.2) is 39.4 Å².